The van der Waals surface area contributed by atoms with Crippen LogP contribution in [-0.4, -0.2) is 27.2 Å². The number of carbonyl (C=O) groups is 1. The lowest BCUT2D eigenvalue weighted by Crippen LogP contribution is -2.31. The average molecular weight is 396 g/mol. The van der Waals surface area contributed by atoms with E-state index in [1.54, 1.807) is 0 Å². The number of nitrogens with zero attached hydrogens (tertiary/aromatic N) is 2. The smallest absolute Gasteiger partial charge is 0.213 e. The lowest BCUT2D eigenvalue weighted by atomic mass is 9.78. The topological polar surface area (TPSA) is 48.1 Å². The predicted octanol–water partition coefficient (Wildman–Crippen LogP) is 4.22. The largest absolute Gasteiger partial charge is 0.871 e. The molecule has 2 aliphatic rings. The molecular formula is C26H24N2O2. The lowest BCUT2D eigenvalue weighted by molar-refractivity contribution is -0.432. The van der Waals surface area contributed by atoms with E-state index >= 15 is 0 Å². The van der Waals surface area contributed by atoms with Gasteiger partial charge in [-0.25, -0.2) is 0 Å². The Morgan fingerprint density at radius 3 is 2.33 bits per heavy atom. The maximum Gasteiger partial charge on any atom is 0.213 e. The van der Waals surface area contributed by atoms with Gasteiger partial charge in [0.25, 0.3) is 0 Å². The van der Waals surface area contributed by atoms with Gasteiger partial charge in [0.15, 0.2) is 11.5 Å². The summed E-state index contributed by atoms with van der Waals surface area (Å²) in [6.07, 6.45) is 0. The quantitative estimate of drug-likeness (QED) is 0.492. The highest BCUT2D eigenvalue weighted by Gasteiger charge is 2.40. The number of carbonyl (C=O) groups excluding carboxylic acids is 1. The maximum absolute atomic E-state index is 13.4. The van der Waals surface area contributed by atoms with Crippen molar-refractivity contribution in [2.75, 3.05) is 6.54 Å². The summed E-state index contributed by atoms with van der Waals surface area (Å²) >= 11 is 0. The third-order valence-electron chi connectivity index (χ3n) is 6.50. The first-order valence-electron chi connectivity index (χ1n) is 10.5. The molecule has 0 radical (unpaired) electrons. The summed E-state index contributed by atoms with van der Waals surface area (Å²) in [4.78, 5) is 13.4. The number of ketones is 1. The van der Waals surface area contributed by atoms with Gasteiger partial charge in [-0.2, -0.15) is 4.58 Å². The van der Waals surface area contributed by atoms with Crippen LogP contribution >= 0.6 is 0 Å². The standard InChI is InChI=1S/C26H24N2O2/c1-5-27-15(3)21(17-11-7-9-13-19(17)27)23-25(29)24(26(23)30)22-16(4)28(6-2)20-14-10-8-12-18(20)22/h7-14H,5-6H2,1-4H3. The van der Waals surface area contributed by atoms with Gasteiger partial charge in [-0.1, -0.05) is 36.1 Å². The summed E-state index contributed by atoms with van der Waals surface area (Å²) < 4.78 is 4.34. The van der Waals surface area contributed by atoms with Crippen LogP contribution in [0.3, 0.4) is 0 Å². The van der Waals surface area contributed by atoms with E-state index in [2.05, 4.69) is 23.0 Å². The van der Waals surface area contributed by atoms with Crippen molar-refractivity contribution in [3.05, 3.63) is 76.7 Å². The highest BCUT2D eigenvalue weighted by Crippen LogP contribution is 2.46. The van der Waals surface area contributed by atoms with Gasteiger partial charge < -0.3 is 9.67 Å². The molecule has 150 valence electrons. The Morgan fingerprint density at radius 1 is 0.933 bits per heavy atom. The number of rotatable bonds is 3. The Balaban J connectivity index is 1.78. The fourth-order valence-corrected chi connectivity index (χ4v) is 5.16. The molecule has 3 aromatic rings. The summed E-state index contributed by atoms with van der Waals surface area (Å²) in [6, 6.07) is 16.0. The Morgan fingerprint density at radius 2 is 1.63 bits per heavy atom. The second kappa shape index (κ2) is 6.56. The molecule has 0 saturated heterocycles. The van der Waals surface area contributed by atoms with Crippen LogP contribution in [0.15, 0.2) is 59.9 Å². The molecule has 1 aliphatic heterocycles. The van der Waals surface area contributed by atoms with E-state index in [0.29, 0.717) is 11.1 Å². The van der Waals surface area contributed by atoms with Crippen LogP contribution < -0.4 is 5.11 Å². The Labute approximate surface area is 176 Å². The van der Waals surface area contributed by atoms with E-state index in [9.17, 15) is 9.90 Å². The first-order chi connectivity index (χ1) is 14.5. The second-order valence-corrected chi connectivity index (χ2v) is 7.85. The van der Waals surface area contributed by atoms with Crippen LogP contribution in [0.25, 0.3) is 22.0 Å². The highest BCUT2D eigenvalue weighted by atomic mass is 16.3. The molecule has 1 aromatic heterocycles. The van der Waals surface area contributed by atoms with E-state index < -0.39 is 0 Å². The molecule has 30 heavy (non-hydrogen) atoms. The van der Waals surface area contributed by atoms with E-state index in [-0.39, 0.29) is 11.5 Å². The number of Topliss-reactive ketones (excluding diaryl/α,β-unsaturated/α-hetero) is 1. The van der Waals surface area contributed by atoms with E-state index in [0.717, 1.165) is 57.8 Å². The number of aryl methyl sites for hydroxylation is 1. The zero-order valence-corrected chi connectivity index (χ0v) is 17.7. The normalized spacial score (nSPS) is 18.5. The number of hydrogen-bond donors (Lipinski definition) is 0. The molecule has 4 heteroatoms. The minimum absolute atomic E-state index is 0.135. The minimum Gasteiger partial charge on any atom is -0.871 e. The molecular weight excluding hydrogens is 372 g/mol. The van der Waals surface area contributed by atoms with Gasteiger partial charge in [-0.15, -0.1) is 0 Å². The number of benzene rings is 2. The van der Waals surface area contributed by atoms with E-state index in [1.807, 2.05) is 62.4 Å². The molecule has 0 spiro atoms. The minimum atomic E-state index is -0.135. The summed E-state index contributed by atoms with van der Waals surface area (Å²) in [5, 5.41) is 14.4. The summed E-state index contributed by atoms with van der Waals surface area (Å²) in [7, 11) is 0. The van der Waals surface area contributed by atoms with Gasteiger partial charge >= 0.3 is 0 Å². The van der Waals surface area contributed by atoms with Crippen molar-refractivity contribution in [3.63, 3.8) is 0 Å². The number of allylic oxidation sites excluding steroid dienone is 3. The average Bonchev–Trinajstić information content (AvgIpc) is 3.19. The van der Waals surface area contributed by atoms with Crippen molar-refractivity contribution >= 4 is 39.2 Å². The van der Waals surface area contributed by atoms with Crippen LogP contribution in [0.1, 0.15) is 37.6 Å². The van der Waals surface area contributed by atoms with Crippen LogP contribution in [0.5, 0.6) is 0 Å². The third-order valence-corrected chi connectivity index (χ3v) is 6.50. The molecule has 1 aliphatic carbocycles. The molecule has 0 amide bonds. The summed E-state index contributed by atoms with van der Waals surface area (Å²) in [6.45, 7) is 9.75. The van der Waals surface area contributed by atoms with Crippen molar-refractivity contribution in [1.82, 2.24) is 4.57 Å². The van der Waals surface area contributed by atoms with Crippen molar-refractivity contribution in [2.45, 2.75) is 34.2 Å². The predicted molar refractivity (Wildman–Crippen MR) is 119 cm³/mol. The molecule has 0 fully saturated rings. The summed E-state index contributed by atoms with van der Waals surface area (Å²) in [5.74, 6) is -0.270. The zero-order valence-electron chi connectivity index (χ0n) is 17.7. The molecule has 0 N–H and O–H groups in total. The molecule has 2 heterocycles. The van der Waals surface area contributed by atoms with Gasteiger partial charge in [0, 0.05) is 52.8 Å². The maximum atomic E-state index is 13.4. The molecule has 0 bridgehead atoms. The van der Waals surface area contributed by atoms with Gasteiger partial charge in [-0.05, 0) is 32.9 Å². The summed E-state index contributed by atoms with van der Waals surface area (Å²) in [5.41, 5.74) is 7.30. The fourth-order valence-electron chi connectivity index (χ4n) is 5.16. The first kappa shape index (κ1) is 18.6. The first-order valence-corrected chi connectivity index (χ1v) is 10.5. The number of hydrogen-bond acceptors (Lipinski definition) is 2. The Bertz CT molecular complexity index is 1350. The molecule has 2 aromatic carbocycles. The van der Waals surface area contributed by atoms with Crippen LogP contribution in [0.2, 0.25) is 0 Å². The van der Waals surface area contributed by atoms with Crippen LogP contribution in [0.4, 0.5) is 5.69 Å². The molecule has 4 nitrogen and oxygen atoms in total. The zero-order chi connectivity index (χ0) is 21.2. The van der Waals surface area contributed by atoms with Crippen molar-refractivity contribution in [2.24, 2.45) is 0 Å². The van der Waals surface area contributed by atoms with Gasteiger partial charge in [0.2, 0.25) is 5.69 Å². The van der Waals surface area contributed by atoms with E-state index in [4.69, 9.17) is 0 Å². The molecule has 5 rings (SSSR count). The third kappa shape index (κ3) is 2.22. The van der Waals surface area contributed by atoms with Crippen molar-refractivity contribution in [1.29, 1.82) is 0 Å². The van der Waals surface area contributed by atoms with Crippen molar-refractivity contribution < 1.29 is 14.5 Å². The number of aromatic nitrogens is 1. The van der Waals surface area contributed by atoms with Crippen LogP contribution in [-0.2, 0) is 11.3 Å². The van der Waals surface area contributed by atoms with Gasteiger partial charge in [-0.3, -0.25) is 4.79 Å². The second-order valence-electron chi connectivity index (χ2n) is 7.85. The monoisotopic (exact) mass is 396 g/mol. The number of para-hydroxylation sites is 2. The fraction of sp³-hybridized carbons (Fsp3) is 0.231. The molecule has 0 unspecified atom stereocenters. The Kier molecular flexibility index (Phi) is 4.07. The SMILES string of the molecule is CCn1c(C)c(C2=C([O-])/C(=C3/C(C)=[N+](CC)c4ccccc43)C2=O)c2ccccc21. The Hall–Kier alpha value is -3.40. The van der Waals surface area contributed by atoms with Gasteiger partial charge in [0.1, 0.15) is 6.54 Å². The highest BCUT2D eigenvalue weighted by molar-refractivity contribution is 6.46. The van der Waals surface area contributed by atoms with Gasteiger partial charge in [0.05, 0.1) is 11.1 Å². The van der Waals surface area contributed by atoms with Crippen LogP contribution in [0, 0.1) is 6.92 Å². The number of fused-ring (bicyclic) bond motifs is 2. The van der Waals surface area contributed by atoms with Crippen molar-refractivity contribution in [3.8, 4) is 0 Å². The van der Waals surface area contributed by atoms with E-state index in [1.165, 1.54) is 0 Å². The molecule has 0 saturated carbocycles. The lowest BCUT2D eigenvalue weighted by Gasteiger charge is -2.32. The molecule has 0 atom stereocenters.